The predicted molar refractivity (Wildman–Crippen MR) is 82.7 cm³/mol. The summed E-state index contributed by atoms with van der Waals surface area (Å²) >= 11 is 0. The van der Waals surface area contributed by atoms with E-state index in [1.807, 2.05) is 36.4 Å². The molecule has 0 saturated heterocycles. The maximum Gasteiger partial charge on any atom is 0.133 e. The summed E-state index contributed by atoms with van der Waals surface area (Å²) in [7, 11) is 0. The average molecular weight is 294 g/mol. The zero-order valence-electron chi connectivity index (χ0n) is 12.6. The Hall–Kier alpha value is -2.59. The first kappa shape index (κ1) is 15.8. The summed E-state index contributed by atoms with van der Waals surface area (Å²) in [6.45, 7) is 2.07. The minimum Gasteiger partial charge on any atom is -0.489 e. The lowest BCUT2D eigenvalue weighted by molar-refractivity contribution is -0.109. The van der Waals surface area contributed by atoms with Crippen LogP contribution in [0.2, 0.25) is 0 Å². The number of nitrogens with zero attached hydrogens (tertiary/aromatic N) is 2. The van der Waals surface area contributed by atoms with E-state index in [1.54, 1.807) is 0 Å². The van der Waals surface area contributed by atoms with E-state index >= 15 is 0 Å². The molecule has 0 saturated carbocycles. The number of hydrogen-bond donors (Lipinski definition) is 0. The number of carbonyl (C=O) groups excluding carboxylic acids is 1. The van der Waals surface area contributed by atoms with Gasteiger partial charge in [0.05, 0.1) is 0 Å². The molecule has 2 rings (SSSR count). The van der Waals surface area contributed by atoms with Gasteiger partial charge >= 0.3 is 0 Å². The lowest BCUT2D eigenvalue weighted by Gasteiger charge is -2.33. The second-order valence-electron chi connectivity index (χ2n) is 5.38. The maximum absolute atomic E-state index is 10.9. The van der Waals surface area contributed by atoms with E-state index in [0.717, 1.165) is 30.3 Å². The van der Waals surface area contributed by atoms with Crippen LogP contribution in [0.25, 0.3) is 5.57 Å². The molecule has 4 heteroatoms. The molecule has 1 unspecified atom stereocenters. The number of ether oxygens (including phenoxy) is 1. The lowest BCUT2D eigenvalue weighted by atomic mass is 9.84. The fourth-order valence-electron chi connectivity index (χ4n) is 2.94. The van der Waals surface area contributed by atoms with Gasteiger partial charge in [0.25, 0.3) is 0 Å². The van der Waals surface area contributed by atoms with Crippen molar-refractivity contribution < 1.29 is 9.53 Å². The minimum absolute atomic E-state index is 0.101. The van der Waals surface area contributed by atoms with Crippen molar-refractivity contribution in [1.82, 2.24) is 0 Å². The van der Waals surface area contributed by atoms with Gasteiger partial charge in [-0.05, 0) is 18.1 Å². The molecule has 0 aliphatic carbocycles. The van der Waals surface area contributed by atoms with Crippen LogP contribution in [0.5, 0.6) is 5.75 Å². The monoisotopic (exact) mass is 294 g/mol. The molecular formula is C18H18N2O2. The molecule has 0 spiro atoms. The predicted octanol–water partition coefficient (Wildman–Crippen LogP) is 3.64. The van der Waals surface area contributed by atoms with Gasteiger partial charge in [-0.2, -0.15) is 10.5 Å². The molecule has 4 nitrogen and oxygen atoms in total. The van der Waals surface area contributed by atoms with E-state index in [9.17, 15) is 15.3 Å². The number of hydrogen-bond acceptors (Lipinski definition) is 4. The number of fused-ring (bicyclic) bond motifs is 1. The summed E-state index contributed by atoms with van der Waals surface area (Å²) in [6.07, 6.45) is 3.51. The first-order valence-electron chi connectivity index (χ1n) is 7.48. The van der Waals surface area contributed by atoms with Crippen LogP contribution in [0, 0.1) is 28.6 Å². The van der Waals surface area contributed by atoms with Crippen LogP contribution >= 0.6 is 0 Å². The molecule has 0 bridgehead atoms. The Labute approximate surface area is 130 Å². The molecule has 0 aromatic heterocycles. The summed E-state index contributed by atoms with van der Waals surface area (Å²) in [5, 5.41) is 18.4. The normalized spacial score (nSPS) is 17.4. The molecule has 1 aliphatic heterocycles. The number of carbonyl (C=O) groups is 1. The largest absolute Gasteiger partial charge is 0.489 e. The highest BCUT2D eigenvalue weighted by Gasteiger charge is 2.31. The van der Waals surface area contributed by atoms with Crippen LogP contribution in [0.15, 0.2) is 29.8 Å². The molecule has 112 valence electrons. The summed E-state index contributed by atoms with van der Waals surface area (Å²) in [6, 6.07) is 11.4. The molecule has 22 heavy (non-hydrogen) atoms. The smallest absolute Gasteiger partial charge is 0.133 e. The zero-order valence-corrected chi connectivity index (χ0v) is 12.6. The average Bonchev–Trinajstić information content (AvgIpc) is 2.55. The molecule has 1 heterocycles. The molecule has 2 atom stereocenters. The molecule has 0 amide bonds. The topological polar surface area (TPSA) is 73.9 Å². The minimum atomic E-state index is -0.174. The number of allylic oxidation sites excluding steroid dienone is 1. The van der Waals surface area contributed by atoms with Crippen LogP contribution in [-0.4, -0.2) is 12.4 Å². The van der Waals surface area contributed by atoms with E-state index in [1.165, 1.54) is 0 Å². The fraction of sp³-hybridized carbons (Fsp3) is 0.389. The second-order valence-corrected chi connectivity index (χ2v) is 5.38. The van der Waals surface area contributed by atoms with E-state index in [0.29, 0.717) is 18.6 Å². The summed E-state index contributed by atoms with van der Waals surface area (Å²) in [5.41, 5.74) is 1.66. The molecule has 0 N–H and O–H groups in total. The molecule has 1 aromatic rings. The molecule has 0 radical (unpaired) electrons. The van der Waals surface area contributed by atoms with Gasteiger partial charge in [-0.25, -0.2) is 0 Å². The summed E-state index contributed by atoms with van der Waals surface area (Å²) < 4.78 is 6.06. The van der Waals surface area contributed by atoms with Gasteiger partial charge in [0.1, 0.15) is 35.9 Å². The first-order chi connectivity index (χ1) is 10.7. The van der Waals surface area contributed by atoms with Gasteiger partial charge < -0.3 is 9.53 Å². The van der Waals surface area contributed by atoms with Crippen molar-refractivity contribution in [3.8, 4) is 17.9 Å². The van der Waals surface area contributed by atoms with Crippen molar-refractivity contribution in [2.75, 3.05) is 0 Å². The molecule has 1 aromatic carbocycles. The van der Waals surface area contributed by atoms with Crippen LogP contribution < -0.4 is 4.74 Å². The van der Waals surface area contributed by atoms with Crippen molar-refractivity contribution in [3.63, 3.8) is 0 Å². The Morgan fingerprint density at radius 1 is 1.41 bits per heavy atom. The highest BCUT2D eigenvalue weighted by Crippen LogP contribution is 2.40. The third-order valence-electron chi connectivity index (χ3n) is 4.01. The van der Waals surface area contributed by atoms with Crippen molar-refractivity contribution in [2.24, 2.45) is 5.92 Å². The maximum atomic E-state index is 10.9. The Kier molecular flexibility index (Phi) is 5.33. The van der Waals surface area contributed by atoms with Gasteiger partial charge in [-0.15, -0.1) is 0 Å². The van der Waals surface area contributed by atoms with Gasteiger partial charge in [0.15, 0.2) is 0 Å². The second kappa shape index (κ2) is 7.43. The first-order valence-corrected chi connectivity index (χ1v) is 7.48. The molecular weight excluding hydrogens is 276 g/mol. The SMILES string of the molecule is CCC[C@H](CC=O)C1CC(=C(C#N)C#N)c2ccccc2O1. The van der Waals surface area contributed by atoms with Crippen LogP contribution in [0.4, 0.5) is 0 Å². The van der Waals surface area contributed by atoms with E-state index in [4.69, 9.17) is 4.74 Å². The number of benzene rings is 1. The van der Waals surface area contributed by atoms with Crippen molar-refractivity contribution >= 4 is 11.9 Å². The molecule has 1 aliphatic rings. The Morgan fingerprint density at radius 2 is 2.14 bits per heavy atom. The Balaban J connectivity index is 2.45. The van der Waals surface area contributed by atoms with Crippen molar-refractivity contribution in [3.05, 3.63) is 35.4 Å². The highest BCUT2D eigenvalue weighted by molar-refractivity contribution is 5.79. The number of para-hydroxylation sites is 1. The third-order valence-corrected chi connectivity index (χ3v) is 4.01. The van der Waals surface area contributed by atoms with Crippen LogP contribution in [0.3, 0.4) is 0 Å². The van der Waals surface area contributed by atoms with Gasteiger partial charge in [0.2, 0.25) is 0 Å². The van der Waals surface area contributed by atoms with E-state index < -0.39 is 0 Å². The number of nitriles is 2. The number of aldehydes is 1. The van der Waals surface area contributed by atoms with Gasteiger partial charge in [-0.3, -0.25) is 0 Å². The third kappa shape index (κ3) is 3.18. The zero-order chi connectivity index (χ0) is 15.9. The number of rotatable bonds is 5. The summed E-state index contributed by atoms with van der Waals surface area (Å²) in [4.78, 5) is 10.9. The van der Waals surface area contributed by atoms with E-state index in [-0.39, 0.29) is 17.6 Å². The fourth-order valence-corrected chi connectivity index (χ4v) is 2.94. The van der Waals surface area contributed by atoms with E-state index in [2.05, 4.69) is 6.92 Å². The summed E-state index contributed by atoms with van der Waals surface area (Å²) in [5.74, 6) is 0.785. The highest BCUT2D eigenvalue weighted by atomic mass is 16.5. The Bertz CT molecular complexity index is 648. The van der Waals surface area contributed by atoms with Crippen molar-refractivity contribution in [1.29, 1.82) is 10.5 Å². The van der Waals surface area contributed by atoms with Crippen molar-refractivity contribution in [2.45, 2.75) is 38.7 Å². The van der Waals surface area contributed by atoms with Gasteiger partial charge in [-0.1, -0.05) is 31.5 Å². The van der Waals surface area contributed by atoms with Crippen LogP contribution in [0.1, 0.15) is 38.2 Å². The quantitative estimate of drug-likeness (QED) is 0.613. The standard InChI is InChI=1S/C18H18N2O2/c1-2-5-13(8-9-21)18-10-16(14(11-19)12-20)15-6-3-4-7-17(15)22-18/h3-4,6-7,9,13,18H,2,5,8,10H2,1H3/t13-,18?/m1/s1. The van der Waals surface area contributed by atoms with Crippen LogP contribution in [-0.2, 0) is 4.79 Å². The van der Waals surface area contributed by atoms with Gasteiger partial charge in [0, 0.05) is 24.3 Å². The molecule has 0 fully saturated rings. The Morgan fingerprint density at radius 3 is 2.77 bits per heavy atom. The lowest BCUT2D eigenvalue weighted by Crippen LogP contribution is -2.31.